The summed E-state index contributed by atoms with van der Waals surface area (Å²) in [5.74, 6) is 0.379. The number of nitrogen functional groups attached to an aromatic ring is 2. The van der Waals surface area contributed by atoms with Crippen LogP contribution < -0.4 is 16.8 Å². The second-order valence-electron chi connectivity index (χ2n) is 3.59. The molecule has 0 atom stereocenters. The van der Waals surface area contributed by atoms with Crippen molar-refractivity contribution >= 4 is 23.3 Å². The zero-order valence-corrected chi connectivity index (χ0v) is 9.44. The lowest BCUT2D eigenvalue weighted by Crippen LogP contribution is -2.08. The maximum absolute atomic E-state index is 12.3. The van der Waals surface area contributed by atoms with E-state index in [0.29, 0.717) is 5.69 Å². The standard InChI is InChI=1S/C10H9F3N6/c11-10(12,13)6-2-1-5(4-16-6)17-8-3-7(14)18-9(15)19-8/h1-4H,(H5,14,15,17,18,19). The van der Waals surface area contributed by atoms with Gasteiger partial charge in [-0.3, -0.25) is 0 Å². The Balaban J connectivity index is 2.20. The SMILES string of the molecule is Nc1cc(Nc2ccc(C(F)(F)F)nc2)nc(N)n1. The highest BCUT2D eigenvalue weighted by Crippen LogP contribution is 2.28. The predicted octanol–water partition coefficient (Wildman–Crippen LogP) is 1.80. The van der Waals surface area contributed by atoms with E-state index >= 15 is 0 Å². The Labute approximate surface area is 105 Å². The van der Waals surface area contributed by atoms with Gasteiger partial charge in [0.2, 0.25) is 5.95 Å². The zero-order valence-electron chi connectivity index (χ0n) is 9.44. The summed E-state index contributed by atoms with van der Waals surface area (Å²) in [5, 5.41) is 2.72. The van der Waals surface area contributed by atoms with E-state index in [1.165, 1.54) is 12.1 Å². The number of nitrogens with zero attached hydrogens (tertiary/aromatic N) is 3. The summed E-state index contributed by atoms with van der Waals surface area (Å²) in [7, 11) is 0. The maximum atomic E-state index is 12.3. The highest BCUT2D eigenvalue weighted by atomic mass is 19.4. The molecule has 6 nitrogen and oxygen atoms in total. The van der Waals surface area contributed by atoms with Crippen LogP contribution in [0.25, 0.3) is 0 Å². The van der Waals surface area contributed by atoms with E-state index < -0.39 is 11.9 Å². The minimum Gasteiger partial charge on any atom is -0.383 e. The first-order valence-corrected chi connectivity index (χ1v) is 5.05. The Bertz CT molecular complexity index is 561. The summed E-state index contributed by atoms with van der Waals surface area (Å²) in [6.07, 6.45) is -3.43. The van der Waals surface area contributed by atoms with Crippen molar-refractivity contribution < 1.29 is 13.2 Å². The molecule has 0 saturated carbocycles. The molecule has 0 saturated heterocycles. The molecule has 0 radical (unpaired) electrons. The Morgan fingerprint density at radius 2 is 1.84 bits per heavy atom. The van der Waals surface area contributed by atoms with Gasteiger partial charge in [-0.1, -0.05) is 0 Å². The molecular formula is C10H9F3N6. The zero-order chi connectivity index (χ0) is 14.0. The maximum Gasteiger partial charge on any atom is 0.433 e. The summed E-state index contributed by atoms with van der Waals surface area (Å²) < 4.78 is 36.9. The number of nitrogens with one attached hydrogen (secondary N) is 1. The van der Waals surface area contributed by atoms with Crippen LogP contribution in [-0.2, 0) is 6.18 Å². The normalized spacial score (nSPS) is 11.3. The summed E-state index contributed by atoms with van der Waals surface area (Å²) in [6.45, 7) is 0. The molecule has 9 heteroatoms. The van der Waals surface area contributed by atoms with Gasteiger partial charge in [0, 0.05) is 6.07 Å². The minimum absolute atomic E-state index is 0.0395. The molecule has 2 heterocycles. The van der Waals surface area contributed by atoms with Gasteiger partial charge >= 0.3 is 6.18 Å². The van der Waals surface area contributed by atoms with Crippen molar-refractivity contribution in [3.05, 3.63) is 30.1 Å². The largest absolute Gasteiger partial charge is 0.433 e. The molecule has 2 aromatic heterocycles. The molecule has 0 fully saturated rings. The van der Waals surface area contributed by atoms with Crippen molar-refractivity contribution in [2.24, 2.45) is 0 Å². The van der Waals surface area contributed by atoms with Crippen molar-refractivity contribution in [1.29, 1.82) is 0 Å². The molecule has 2 aromatic rings. The molecular weight excluding hydrogens is 261 g/mol. The number of pyridine rings is 1. The molecule has 0 aliphatic rings. The van der Waals surface area contributed by atoms with Crippen LogP contribution in [0.3, 0.4) is 0 Å². The van der Waals surface area contributed by atoms with E-state index in [4.69, 9.17) is 11.5 Å². The summed E-state index contributed by atoms with van der Waals surface area (Å²) in [5.41, 5.74) is 10.2. The molecule has 0 aromatic carbocycles. The molecule has 0 spiro atoms. The quantitative estimate of drug-likeness (QED) is 0.768. The van der Waals surface area contributed by atoms with Crippen LogP contribution in [0.2, 0.25) is 0 Å². The average molecular weight is 270 g/mol. The van der Waals surface area contributed by atoms with Gasteiger partial charge < -0.3 is 16.8 Å². The van der Waals surface area contributed by atoms with Crippen molar-refractivity contribution in [2.75, 3.05) is 16.8 Å². The van der Waals surface area contributed by atoms with Gasteiger partial charge in [-0.2, -0.15) is 23.1 Å². The first-order valence-electron chi connectivity index (χ1n) is 5.05. The van der Waals surface area contributed by atoms with Crippen LogP contribution in [0.5, 0.6) is 0 Å². The molecule has 5 N–H and O–H groups in total. The number of hydrogen-bond donors (Lipinski definition) is 3. The van der Waals surface area contributed by atoms with Gasteiger partial charge in [-0.15, -0.1) is 0 Å². The molecule has 19 heavy (non-hydrogen) atoms. The van der Waals surface area contributed by atoms with Crippen molar-refractivity contribution in [3.63, 3.8) is 0 Å². The van der Waals surface area contributed by atoms with Crippen LogP contribution in [-0.4, -0.2) is 15.0 Å². The molecule has 2 rings (SSSR count). The Kier molecular flexibility index (Phi) is 3.11. The van der Waals surface area contributed by atoms with Crippen LogP contribution in [0.4, 0.5) is 36.4 Å². The van der Waals surface area contributed by atoms with Crippen molar-refractivity contribution in [1.82, 2.24) is 15.0 Å². The Morgan fingerprint density at radius 1 is 1.11 bits per heavy atom. The third-order valence-corrected chi connectivity index (χ3v) is 2.09. The van der Waals surface area contributed by atoms with Gasteiger partial charge in [0.25, 0.3) is 0 Å². The lowest BCUT2D eigenvalue weighted by Gasteiger charge is -2.08. The average Bonchev–Trinajstić information content (AvgIpc) is 2.26. The number of anilines is 4. The topological polar surface area (TPSA) is 103 Å². The molecule has 0 amide bonds. The van der Waals surface area contributed by atoms with Crippen LogP contribution in [0.15, 0.2) is 24.4 Å². The van der Waals surface area contributed by atoms with E-state index in [1.807, 2.05) is 0 Å². The monoisotopic (exact) mass is 270 g/mol. The second kappa shape index (κ2) is 4.59. The van der Waals surface area contributed by atoms with E-state index in [1.54, 1.807) is 0 Å². The lowest BCUT2D eigenvalue weighted by atomic mass is 10.3. The molecule has 0 unspecified atom stereocenters. The van der Waals surface area contributed by atoms with Gasteiger partial charge in [0.05, 0.1) is 11.9 Å². The van der Waals surface area contributed by atoms with Gasteiger partial charge in [0.1, 0.15) is 17.3 Å². The predicted molar refractivity (Wildman–Crippen MR) is 63.4 cm³/mol. The molecule has 0 aliphatic carbocycles. The number of rotatable bonds is 2. The first-order chi connectivity index (χ1) is 8.84. The van der Waals surface area contributed by atoms with Crippen LogP contribution >= 0.6 is 0 Å². The first kappa shape index (κ1) is 12.9. The van der Waals surface area contributed by atoms with E-state index in [0.717, 1.165) is 12.3 Å². The van der Waals surface area contributed by atoms with Crippen LogP contribution in [0, 0.1) is 0 Å². The molecule has 0 bridgehead atoms. The fraction of sp³-hybridized carbons (Fsp3) is 0.100. The molecule has 0 aliphatic heterocycles. The summed E-state index contributed by atoms with van der Waals surface area (Å²) in [4.78, 5) is 10.8. The smallest absolute Gasteiger partial charge is 0.383 e. The number of nitrogens with two attached hydrogens (primary N) is 2. The van der Waals surface area contributed by atoms with E-state index in [2.05, 4.69) is 20.3 Å². The lowest BCUT2D eigenvalue weighted by molar-refractivity contribution is -0.141. The fourth-order valence-corrected chi connectivity index (χ4v) is 1.33. The highest BCUT2D eigenvalue weighted by molar-refractivity contribution is 5.59. The third-order valence-electron chi connectivity index (χ3n) is 2.09. The van der Waals surface area contributed by atoms with Crippen molar-refractivity contribution in [3.8, 4) is 0 Å². The third kappa shape index (κ3) is 3.21. The summed E-state index contributed by atoms with van der Waals surface area (Å²) in [6, 6.07) is 3.48. The second-order valence-corrected chi connectivity index (χ2v) is 3.59. The van der Waals surface area contributed by atoms with Crippen LogP contribution in [0.1, 0.15) is 5.69 Å². The molecule has 100 valence electrons. The number of hydrogen-bond acceptors (Lipinski definition) is 6. The highest BCUT2D eigenvalue weighted by Gasteiger charge is 2.31. The summed E-state index contributed by atoms with van der Waals surface area (Å²) >= 11 is 0. The van der Waals surface area contributed by atoms with E-state index in [-0.39, 0.29) is 17.6 Å². The minimum atomic E-state index is -4.47. The number of alkyl halides is 3. The van der Waals surface area contributed by atoms with Gasteiger partial charge in [-0.25, -0.2) is 4.98 Å². The van der Waals surface area contributed by atoms with E-state index in [9.17, 15) is 13.2 Å². The van der Waals surface area contributed by atoms with Gasteiger partial charge in [-0.05, 0) is 12.1 Å². The Morgan fingerprint density at radius 3 is 2.37 bits per heavy atom. The van der Waals surface area contributed by atoms with Crippen molar-refractivity contribution in [2.45, 2.75) is 6.18 Å². The van der Waals surface area contributed by atoms with Gasteiger partial charge in [0.15, 0.2) is 0 Å². The number of halogens is 3. The number of aromatic nitrogens is 3. The Hall–Kier alpha value is -2.58. The fourth-order valence-electron chi connectivity index (χ4n) is 1.33.